The zero-order valence-corrected chi connectivity index (χ0v) is 21.7. The van der Waals surface area contributed by atoms with Crippen molar-refractivity contribution in [3.63, 3.8) is 0 Å². The molecular weight excluding hydrogens is 460 g/mol. The molecule has 194 valence electrons. The molecule has 4 rings (SSSR count). The molecule has 0 aliphatic carbocycles. The average Bonchev–Trinajstić information content (AvgIpc) is 2.85. The van der Waals surface area contributed by atoms with Crippen LogP contribution < -0.4 is 14.8 Å². The van der Waals surface area contributed by atoms with Crippen molar-refractivity contribution in [1.82, 2.24) is 10.2 Å². The Morgan fingerprint density at radius 2 is 1.83 bits per heavy atom. The van der Waals surface area contributed by atoms with Crippen LogP contribution in [-0.4, -0.2) is 62.5 Å². The minimum absolute atomic E-state index is 0.101. The fraction of sp³-hybridized carbons (Fsp3) is 0.500. The highest BCUT2D eigenvalue weighted by Gasteiger charge is 2.41. The van der Waals surface area contributed by atoms with E-state index in [1.807, 2.05) is 51.1 Å². The monoisotopic (exact) mass is 496 g/mol. The third-order valence-electron chi connectivity index (χ3n) is 6.79. The quantitative estimate of drug-likeness (QED) is 0.599. The van der Waals surface area contributed by atoms with Crippen LogP contribution >= 0.6 is 0 Å². The van der Waals surface area contributed by atoms with Crippen molar-refractivity contribution in [3.8, 4) is 11.5 Å². The molecule has 2 aromatic rings. The van der Waals surface area contributed by atoms with Crippen LogP contribution in [-0.2, 0) is 20.7 Å². The fourth-order valence-corrected chi connectivity index (χ4v) is 5.16. The molecule has 0 saturated carbocycles. The highest BCUT2D eigenvalue weighted by molar-refractivity contribution is 5.71. The van der Waals surface area contributed by atoms with Gasteiger partial charge in [0.1, 0.15) is 5.60 Å². The topological polar surface area (TPSA) is 86.3 Å². The normalized spacial score (nSPS) is 21.5. The molecule has 0 spiro atoms. The van der Waals surface area contributed by atoms with Gasteiger partial charge in [0.15, 0.2) is 18.1 Å². The third kappa shape index (κ3) is 5.93. The molecule has 8 nitrogen and oxygen atoms in total. The van der Waals surface area contributed by atoms with E-state index in [9.17, 15) is 9.59 Å². The number of alkyl carbamates (subject to hydrolysis) is 1. The lowest BCUT2D eigenvalue weighted by atomic mass is 9.78. The van der Waals surface area contributed by atoms with Gasteiger partial charge in [-0.25, -0.2) is 9.59 Å². The number of nitrogens with one attached hydrogen (secondary N) is 1. The predicted octanol–water partition coefficient (Wildman–Crippen LogP) is 4.23. The molecule has 0 radical (unpaired) electrons. The van der Waals surface area contributed by atoms with E-state index in [0.29, 0.717) is 11.5 Å². The number of esters is 1. The minimum atomic E-state index is -0.571. The fourth-order valence-electron chi connectivity index (χ4n) is 5.16. The summed E-state index contributed by atoms with van der Waals surface area (Å²) >= 11 is 0. The van der Waals surface area contributed by atoms with Gasteiger partial charge in [-0.1, -0.05) is 30.3 Å². The maximum absolute atomic E-state index is 12.8. The molecule has 1 fully saturated rings. The first kappa shape index (κ1) is 25.8. The van der Waals surface area contributed by atoms with Crippen molar-refractivity contribution in [1.29, 1.82) is 0 Å². The maximum Gasteiger partial charge on any atom is 0.407 e. The lowest BCUT2D eigenvalue weighted by Crippen LogP contribution is -2.53. The summed E-state index contributed by atoms with van der Waals surface area (Å²) in [6.07, 6.45) is 1.19. The molecule has 2 aliphatic heterocycles. The summed E-state index contributed by atoms with van der Waals surface area (Å²) in [4.78, 5) is 26.9. The Morgan fingerprint density at radius 1 is 1.08 bits per heavy atom. The number of ether oxygens (including phenoxy) is 4. The second kappa shape index (κ2) is 10.8. The van der Waals surface area contributed by atoms with Crippen LogP contribution in [0.3, 0.4) is 0 Å². The first-order valence-corrected chi connectivity index (χ1v) is 12.4. The molecule has 36 heavy (non-hydrogen) atoms. The minimum Gasteiger partial charge on any atom is -0.493 e. The van der Waals surface area contributed by atoms with Gasteiger partial charge in [-0.2, -0.15) is 0 Å². The van der Waals surface area contributed by atoms with E-state index in [0.717, 1.165) is 37.1 Å². The standard InChI is InChI=1S/C28H36N2O6/c1-28(2,3)36-27(32)29-22-15-23-20-14-24(33-4)25(35-17-26(31)34-5)13-19(20)11-12-30(23)16-21(22)18-9-7-6-8-10-18/h6-10,13-14,21-23H,11-12,15-17H2,1-5H3,(H,29,32). The van der Waals surface area contributed by atoms with E-state index in [2.05, 4.69) is 22.3 Å². The van der Waals surface area contributed by atoms with Gasteiger partial charge < -0.3 is 24.3 Å². The van der Waals surface area contributed by atoms with Crippen LogP contribution in [0.4, 0.5) is 4.79 Å². The molecule has 2 aromatic carbocycles. The summed E-state index contributed by atoms with van der Waals surface area (Å²) in [5.74, 6) is 0.787. The van der Waals surface area contributed by atoms with Gasteiger partial charge in [-0.05, 0) is 62.4 Å². The van der Waals surface area contributed by atoms with Crippen LogP contribution in [0.25, 0.3) is 0 Å². The van der Waals surface area contributed by atoms with E-state index < -0.39 is 17.7 Å². The summed E-state index contributed by atoms with van der Waals surface area (Å²) in [5, 5.41) is 3.17. The Bertz CT molecular complexity index is 1080. The van der Waals surface area contributed by atoms with Crippen molar-refractivity contribution in [3.05, 3.63) is 59.2 Å². The summed E-state index contributed by atoms with van der Waals surface area (Å²) < 4.78 is 21.6. The molecule has 1 amide bonds. The summed E-state index contributed by atoms with van der Waals surface area (Å²) in [6.45, 7) is 7.14. The second-order valence-corrected chi connectivity index (χ2v) is 10.3. The lowest BCUT2D eigenvalue weighted by Gasteiger charge is -2.47. The van der Waals surface area contributed by atoms with Crippen molar-refractivity contribution >= 4 is 12.1 Å². The average molecular weight is 497 g/mol. The predicted molar refractivity (Wildman–Crippen MR) is 135 cm³/mol. The van der Waals surface area contributed by atoms with E-state index in [4.69, 9.17) is 18.9 Å². The highest BCUT2D eigenvalue weighted by Crippen LogP contribution is 2.44. The summed E-state index contributed by atoms with van der Waals surface area (Å²) in [7, 11) is 2.92. The smallest absolute Gasteiger partial charge is 0.407 e. The van der Waals surface area contributed by atoms with E-state index in [1.165, 1.54) is 12.7 Å². The SMILES string of the molecule is COC(=O)COc1cc2c(cc1OC)C1CC(NC(=O)OC(C)(C)C)C(c3ccccc3)CN1CC2. The number of rotatable bonds is 6. The van der Waals surface area contributed by atoms with Gasteiger partial charge in [-0.15, -0.1) is 0 Å². The maximum atomic E-state index is 12.8. The van der Waals surface area contributed by atoms with Crippen LogP contribution in [0.15, 0.2) is 42.5 Å². The van der Waals surface area contributed by atoms with Gasteiger partial charge in [0.25, 0.3) is 0 Å². The van der Waals surface area contributed by atoms with Gasteiger partial charge >= 0.3 is 12.1 Å². The Kier molecular flexibility index (Phi) is 7.73. The molecule has 2 heterocycles. The van der Waals surface area contributed by atoms with Crippen molar-refractivity contribution in [2.24, 2.45) is 0 Å². The number of nitrogens with zero attached hydrogens (tertiary/aromatic N) is 1. The molecule has 1 saturated heterocycles. The van der Waals surface area contributed by atoms with Crippen LogP contribution in [0.1, 0.15) is 55.8 Å². The van der Waals surface area contributed by atoms with Crippen molar-refractivity contribution < 1.29 is 28.5 Å². The largest absolute Gasteiger partial charge is 0.493 e. The number of benzene rings is 2. The van der Waals surface area contributed by atoms with Crippen molar-refractivity contribution in [2.45, 2.75) is 57.2 Å². The number of hydrogen-bond acceptors (Lipinski definition) is 7. The third-order valence-corrected chi connectivity index (χ3v) is 6.79. The number of carbonyl (C=O) groups excluding carboxylic acids is 2. The Morgan fingerprint density at radius 3 is 2.50 bits per heavy atom. The van der Waals surface area contributed by atoms with Crippen LogP contribution in [0, 0.1) is 0 Å². The lowest BCUT2D eigenvalue weighted by molar-refractivity contribution is -0.142. The van der Waals surface area contributed by atoms with Gasteiger partial charge in [0, 0.05) is 31.1 Å². The molecule has 8 heteroatoms. The highest BCUT2D eigenvalue weighted by atomic mass is 16.6. The van der Waals surface area contributed by atoms with E-state index >= 15 is 0 Å². The first-order chi connectivity index (χ1) is 17.2. The van der Waals surface area contributed by atoms with Gasteiger partial charge in [0.2, 0.25) is 0 Å². The zero-order valence-electron chi connectivity index (χ0n) is 21.7. The Labute approximate surface area is 212 Å². The summed E-state index contributed by atoms with van der Waals surface area (Å²) in [5.41, 5.74) is 2.95. The number of amides is 1. The van der Waals surface area contributed by atoms with Crippen LogP contribution in [0.2, 0.25) is 0 Å². The molecular formula is C28H36N2O6. The van der Waals surface area contributed by atoms with Crippen molar-refractivity contribution in [2.75, 3.05) is 33.9 Å². The molecule has 0 bridgehead atoms. The number of carbonyl (C=O) groups is 2. The van der Waals surface area contributed by atoms with Crippen LogP contribution in [0.5, 0.6) is 11.5 Å². The molecule has 0 aromatic heterocycles. The van der Waals surface area contributed by atoms with Gasteiger partial charge in [0.05, 0.1) is 14.2 Å². The first-order valence-electron chi connectivity index (χ1n) is 12.4. The summed E-state index contributed by atoms with van der Waals surface area (Å²) in [6, 6.07) is 14.3. The second-order valence-electron chi connectivity index (χ2n) is 10.3. The molecule has 1 N–H and O–H groups in total. The van der Waals surface area contributed by atoms with E-state index in [-0.39, 0.29) is 24.6 Å². The van der Waals surface area contributed by atoms with Gasteiger partial charge in [-0.3, -0.25) is 4.90 Å². The van der Waals surface area contributed by atoms with E-state index in [1.54, 1.807) is 7.11 Å². The Hall–Kier alpha value is -3.26. The molecule has 2 aliphatic rings. The Balaban J connectivity index is 1.62. The number of hydrogen-bond donors (Lipinski definition) is 1. The number of piperidine rings is 1. The number of fused-ring (bicyclic) bond motifs is 3. The molecule has 3 atom stereocenters. The zero-order chi connectivity index (χ0) is 25.9. The number of methoxy groups -OCH3 is 2. The molecule has 3 unspecified atom stereocenters.